The zero-order valence-electron chi connectivity index (χ0n) is 15.5. The van der Waals surface area contributed by atoms with E-state index in [4.69, 9.17) is 9.47 Å². The third kappa shape index (κ3) is 1.83. The number of nitrogens with zero attached hydrogens (tertiary/aromatic N) is 2. The van der Waals surface area contributed by atoms with Gasteiger partial charge in [0.15, 0.2) is 11.0 Å². The van der Waals surface area contributed by atoms with Crippen molar-refractivity contribution in [1.29, 1.82) is 10.5 Å². The van der Waals surface area contributed by atoms with Gasteiger partial charge in [0.2, 0.25) is 0 Å². The lowest BCUT2D eigenvalue weighted by atomic mass is 9.50. The maximum Gasteiger partial charge on any atom is 0.342 e. The lowest BCUT2D eigenvalue weighted by Gasteiger charge is -2.52. The van der Waals surface area contributed by atoms with Crippen molar-refractivity contribution in [3.8, 4) is 12.1 Å². The van der Waals surface area contributed by atoms with Crippen LogP contribution in [0.2, 0.25) is 0 Å². The molecule has 6 atom stereocenters. The Kier molecular flexibility index (Phi) is 3.28. The summed E-state index contributed by atoms with van der Waals surface area (Å²) in [4.78, 5) is 12.8. The molecule has 6 heteroatoms. The number of carbonyl (C=O) groups excluding carboxylic acids is 1. The molecule has 5 rings (SSSR count). The predicted octanol–water partition coefficient (Wildman–Crippen LogP) is 2.14. The second-order valence-electron chi connectivity index (χ2n) is 8.63. The molecule has 1 aliphatic carbocycles. The van der Waals surface area contributed by atoms with Crippen molar-refractivity contribution in [2.24, 2.45) is 17.3 Å². The van der Waals surface area contributed by atoms with E-state index in [1.807, 2.05) is 0 Å². The first-order valence-electron chi connectivity index (χ1n) is 9.83. The zero-order valence-corrected chi connectivity index (χ0v) is 15.5. The van der Waals surface area contributed by atoms with Gasteiger partial charge in [-0.05, 0) is 43.8 Å². The maximum absolute atomic E-state index is 12.8. The van der Waals surface area contributed by atoms with Gasteiger partial charge in [0.05, 0.1) is 24.3 Å². The number of carbonyl (C=O) groups is 1. The van der Waals surface area contributed by atoms with Crippen LogP contribution in [-0.4, -0.2) is 35.9 Å². The highest BCUT2D eigenvalue weighted by Gasteiger charge is 2.74. The molecule has 0 aromatic rings. The predicted molar refractivity (Wildman–Crippen MR) is 94.8 cm³/mol. The minimum Gasteiger partial charge on any atom is -0.464 e. The van der Waals surface area contributed by atoms with Crippen LogP contribution < -0.4 is 5.32 Å². The normalized spacial score (nSPS) is 45.3. The molecular formula is C21H23N3O3. The summed E-state index contributed by atoms with van der Waals surface area (Å²) in [6.45, 7) is 6.39. The van der Waals surface area contributed by atoms with E-state index in [1.165, 1.54) is 0 Å². The molecule has 3 saturated heterocycles. The number of fused-ring (bicyclic) bond motifs is 6. The monoisotopic (exact) mass is 365 g/mol. The van der Waals surface area contributed by atoms with Gasteiger partial charge in [-0.25, -0.2) is 4.79 Å². The molecule has 140 valence electrons. The van der Waals surface area contributed by atoms with Crippen LogP contribution >= 0.6 is 0 Å². The van der Waals surface area contributed by atoms with E-state index >= 15 is 0 Å². The van der Waals surface area contributed by atoms with Gasteiger partial charge in [-0.15, -0.1) is 0 Å². The van der Waals surface area contributed by atoms with Crippen LogP contribution in [-0.2, 0) is 14.3 Å². The van der Waals surface area contributed by atoms with E-state index in [9.17, 15) is 15.3 Å². The number of ether oxygens (including phenoxy) is 2. The zero-order chi connectivity index (χ0) is 19.0. The number of nitrogens with one attached hydrogen (secondary N) is 1. The van der Waals surface area contributed by atoms with Gasteiger partial charge in [-0.1, -0.05) is 12.7 Å². The molecule has 4 bridgehead atoms. The van der Waals surface area contributed by atoms with Crippen LogP contribution in [0.1, 0.15) is 39.0 Å². The van der Waals surface area contributed by atoms with E-state index in [2.05, 4.69) is 30.1 Å². The largest absolute Gasteiger partial charge is 0.464 e. The van der Waals surface area contributed by atoms with Crippen LogP contribution in [0.25, 0.3) is 0 Å². The lowest BCUT2D eigenvalue weighted by Crippen LogP contribution is -2.58. The summed E-state index contributed by atoms with van der Waals surface area (Å²) in [7, 11) is 0. The molecule has 6 nitrogen and oxygen atoms in total. The molecule has 5 aliphatic rings. The van der Waals surface area contributed by atoms with Gasteiger partial charge in [0.25, 0.3) is 0 Å². The standard InChI is InChI=1S/C21H23N3O3/c1-3-26-18(25)21-7-6-20(27-21)9-19(10-22,11-23)14-8-13-4-5-15(24-13)16(14)17(20)12(21)2/h8,13,15-17,24H,2-7,9H2,1H3/t13-,15?,16?,17-,20?,21?/m0/s1. The first-order valence-corrected chi connectivity index (χ1v) is 9.83. The number of hydrogen-bond acceptors (Lipinski definition) is 6. The van der Waals surface area contributed by atoms with Crippen LogP contribution in [0.15, 0.2) is 23.8 Å². The summed E-state index contributed by atoms with van der Waals surface area (Å²) in [6, 6.07) is 5.07. The van der Waals surface area contributed by atoms with Crippen molar-refractivity contribution in [3.63, 3.8) is 0 Å². The van der Waals surface area contributed by atoms with E-state index < -0.39 is 16.6 Å². The van der Waals surface area contributed by atoms with Gasteiger partial charge in [0.1, 0.15) is 0 Å². The summed E-state index contributed by atoms with van der Waals surface area (Å²) < 4.78 is 11.8. The van der Waals surface area contributed by atoms with Gasteiger partial charge < -0.3 is 14.8 Å². The Balaban J connectivity index is 1.67. The smallest absolute Gasteiger partial charge is 0.342 e. The van der Waals surface area contributed by atoms with Crippen molar-refractivity contribution in [2.75, 3.05) is 6.61 Å². The Bertz CT molecular complexity index is 851. The van der Waals surface area contributed by atoms with Gasteiger partial charge in [-0.3, -0.25) is 0 Å². The molecule has 0 amide bonds. The van der Waals surface area contributed by atoms with Crippen LogP contribution in [0.3, 0.4) is 0 Å². The third-order valence-corrected chi connectivity index (χ3v) is 7.53. The summed E-state index contributed by atoms with van der Waals surface area (Å²) in [5, 5.41) is 23.7. The van der Waals surface area contributed by atoms with Crippen molar-refractivity contribution in [1.82, 2.24) is 5.32 Å². The molecule has 0 radical (unpaired) electrons. The molecule has 27 heavy (non-hydrogen) atoms. The molecule has 1 spiro atoms. The topological polar surface area (TPSA) is 95.1 Å². The minimum absolute atomic E-state index is 0.0269. The van der Waals surface area contributed by atoms with E-state index in [0.29, 0.717) is 19.3 Å². The average Bonchev–Trinajstić information content (AvgIpc) is 3.31. The number of esters is 1. The Morgan fingerprint density at radius 3 is 2.89 bits per heavy atom. The number of rotatable bonds is 2. The van der Waals surface area contributed by atoms with Crippen LogP contribution in [0.5, 0.6) is 0 Å². The lowest BCUT2D eigenvalue weighted by molar-refractivity contribution is -0.168. The summed E-state index contributed by atoms with van der Waals surface area (Å²) in [6.07, 6.45) is 5.58. The molecule has 4 fully saturated rings. The summed E-state index contributed by atoms with van der Waals surface area (Å²) in [5.74, 6) is -0.464. The quantitative estimate of drug-likeness (QED) is 0.595. The molecule has 1 N–H and O–H groups in total. The minimum atomic E-state index is -1.19. The SMILES string of the molecule is C=C1[C@H]2C3C(=C[C@@H]4CCC3N4)C(C#N)(C#N)CC23CCC1(C(=O)OCC)O3. The molecule has 4 heterocycles. The molecule has 1 saturated carbocycles. The highest BCUT2D eigenvalue weighted by molar-refractivity contribution is 5.86. The molecule has 0 aromatic heterocycles. The maximum atomic E-state index is 12.8. The number of hydrogen-bond donors (Lipinski definition) is 1. The highest BCUT2D eigenvalue weighted by atomic mass is 16.6. The summed E-state index contributed by atoms with van der Waals surface area (Å²) in [5.41, 5.74) is -1.30. The molecule has 0 aromatic carbocycles. The second-order valence-corrected chi connectivity index (χ2v) is 8.63. The van der Waals surface area contributed by atoms with Crippen LogP contribution in [0.4, 0.5) is 0 Å². The Hall–Kier alpha value is -2.15. The fraction of sp³-hybridized carbons (Fsp3) is 0.667. The highest BCUT2D eigenvalue weighted by Crippen LogP contribution is 2.69. The van der Waals surface area contributed by atoms with Crippen molar-refractivity contribution in [2.45, 2.75) is 62.3 Å². The third-order valence-electron chi connectivity index (χ3n) is 7.53. The van der Waals surface area contributed by atoms with Gasteiger partial charge >= 0.3 is 5.97 Å². The first kappa shape index (κ1) is 17.0. The Morgan fingerprint density at radius 1 is 1.41 bits per heavy atom. The number of nitriles is 2. The van der Waals surface area contributed by atoms with Crippen molar-refractivity contribution < 1.29 is 14.3 Å². The Labute approximate surface area is 158 Å². The van der Waals surface area contributed by atoms with Gasteiger partial charge in [0, 0.05) is 30.3 Å². The van der Waals surface area contributed by atoms with Crippen molar-refractivity contribution in [3.05, 3.63) is 23.8 Å². The second kappa shape index (κ2) is 5.22. The van der Waals surface area contributed by atoms with Crippen LogP contribution in [0, 0.1) is 39.9 Å². The van der Waals surface area contributed by atoms with E-state index in [0.717, 1.165) is 24.0 Å². The first-order chi connectivity index (χ1) is 13.0. The fourth-order valence-electron chi connectivity index (χ4n) is 6.53. The fourth-order valence-corrected chi connectivity index (χ4v) is 6.53. The van der Waals surface area contributed by atoms with E-state index in [1.54, 1.807) is 6.92 Å². The van der Waals surface area contributed by atoms with Gasteiger partial charge in [-0.2, -0.15) is 10.5 Å². The van der Waals surface area contributed by atoms with E-state index in [-0.39, 0.29) is 36.5 Å². The average molecular weight is 365 g/mol. The molecular weight excluding hydrogens is 342 g/mol. The summed E-state index contributed by atoms with van der Waals surface area (Å²) >= 11 is 0. The molecule has 4 unspecified atom stereocenters. The Morgan fingerprint density at radius 2 is 2.19 bits per heavy atom. The molecule has 4 aliphatic heterocycles. The van der Waals surface area contributed by atoms with Crippen molar-refractivity contribution >= 4 is 5.97 Å².